The third-order valence-electron chi connectivity index (χ3n) is 6.89. The van der Waals surface area contributed by atoms with Crippen molar-refractivity contribution in [3.8, 4) is 0 Å². The standard InChI is InChI=1S/C28H38FNO2S3/c1-7-9-14-28(8-2)18-30(22-12-10-21(29)11-13-22)23-16-24(33-6)20(15-25(23)34-19-28)17-35-27(3,4)26(31)32-5/h10-13,15-16H,7-9,14,17-19H2,1-6H3. The molecule has 0 aliphatic carbocycles. The van der Waals surface area contributed by atoms with Gasteiger partial charge in [-0.1, -0.05) is 26.7 Å². The Balaban J connectivity index is 2.04. The molecule has 0 fully saturated rings. The molecule has 0 aromatic heterocycles. The van der Waals surface area contributed by atoms with Gasteiger partial charge < -0.3 is 9.64 Å². The molecule has 1 atom stereocenters. The van der Waals surface area contributed by atoms with E-state index in [1.807, 2.05) is 37.7 Å². The van der Waals surface area contributed by atoms with Crippen LogP contribution in [-0.2, 0) is 15.3 Å². The van der Waals surface area contributed by atoms with E-state index < -0.39 is 4.75 Å². The number of ether oxygens (including phenoxy) is 1. The van der Waals surface area contributed by atoms with Crippen molar-refractivity contribution in [1.29, 1.82) is 0 Å². The Morgan fingerprint density at radius 1 is 1.23 bits per heavy atom. The average Bonchev–Trinajstić information content (AvgIpc) is 3.02. The minimum absolute atomic E-state index is 0.190. The fourth-order valence-corrected chi connectivity index (χ4v) is 7.54. The predicted octanol–water partition coefficient (Wildman–Crippen LogP) is 8.56. The summed E-state index contributed by atoms with van der Waals surface area (Å²) in [5.41, 5.74) is 3.65. The Bertz CT molecular complexity index is 1010. The van der Waals surface area contributed by atoms with Gasteiger partial charge in [0.15, 0.2) is 0 Å². The van der Waals surface area contributed by atoms with Gasteiger partial charge in [-0.3, -0.25) is 4.79 Å². The number of benzene rings is 2. The Morgan fingerprint density at radius 2 is 1.94 bits per heavy atom. The smallest absolute Gasteiger partial charge is 0.321 e. The van der Waals surface area contributed by atoms with Crippen LogP contribution in [0.3, 0.4) is 0 Å². The van der Waals surface area contributed by atoms with Gasteiger partial charge >= 0.3 is 5.97 Å². The van der Waals surface area contributed by atoms with Crippen molar-refractivity contribution in [2.45, 2.75) is 73.7 Å². The third kappa shape index (κ3) is 6.72. The lowest BCUT2D eigenvalue weighted by atomic mass is 9.81. The van der Waals surface area contributed by atoms with Crippen LogP contribution in [0.4, 0.5) is 15.8 Å². The van der Waals surface area contributed by atoms with E-state index in [0.717, 1.165) is 30.2 Å². The van der Waals surface area contributed by atoms with Crippen LogP contribution in [0, 0.1) is 11.2 Å². The molecule has 2 aromatic carbocycles. The van der Waals surface area contributed by atoms with Gasteiger partial charge in [-0.25, -0.2) is 4.39 Å². The van der Waals surface area contributed by atoms with Crippen LogP contribution in [0.1, 0.15) is 58.9 Å². The first kappa shape index (κ1) is 28.3. The third-order valence-corrected chi connectivity index (χ3v) is 10.5. The highest BCUT2D eigenvalue weighted by Gasteiger charge is 2.36. The number of carbonyl (C=O) groups excluding carboxylic acids is 1. The van der Waals surface area contributed by atoms with Crippen LogP contribution in [-0.4, -0.2) is 36.4 Å². The predicted molar refractivity (Wildman–Crippen MR) is 152 cm³/mol. The number of methoxy groups -OCH3 is 1. The molecule has 3 nitrogen and oxygen atoms in total. The topological polar surface area (TPSA) is 29.5 Å². The number of anilines is 2. The maximum Gasteiger partial charge on any atom is 0.321 e. The quantitative estimate of drug-likeness (QED) is 0.224. The van der Waals surface area contributed by atoms with Gasteiger partial charge in [0.05, 0.1) is 12.8 Å². The zero-order valence-corrected chi connectivity index (χ0v) is 24.2. The molecule has 0 radical (unpaired) electrons. The molecular weight excluding hydrogens is 498 g/mol. The van der Waals surface area contributed by atoms with E-state index in [-0.39, 0.29) is 17.2 Å². The summed E-state index contributed by atoms with van der Waals surface area (Å²) < 4.78 is 18.2. The SMILES string of the molecule is CCCCC1(CC)CSc2cc(CSC(C)(C)C(=O)OC)c(SC)cc2N(c2ccc(F)cc2)C1. The lowest BCUT2D eigenvalue weighted by molar-refractivity contribution is -0.142. The van der Waals surface area contributed by atoms with Crippen molar-refractivity contribution >= 4 is 52.6 Å². The van der Waals surface area contributed by atoms with Gasteiger partial charge in [-0.2, -0.15) is 0 Å². The Morgan fingerprint density at radius 3 is 2.54 bits per heavy atom. The molecular formula is C28H38FNO2S3. The van der Waals surface area contributed by atoms with Crippen molar-refractivity contribution in [2.24, 2.45) is 5.41 Å². The molecule has 1 aliphatic heterocycles. The van der Waals surface area contributed by atoms with E-state index in [1.54, 1.807) is 35.7 Å². The van der Waals surface area contributed by atoms with Crippen molar-refractivity contribution in [1.82, 2.24) is 0 Å². The monoisotopic (exact) mass is 535 g/mol. The molecule has 3 rings (SSSR count). The number of rotatable bonds is 10. The molecule has 0 saturated heterocycles. The molecule has 2 aromatic rings. The molecule has 0 spiro atoms. The lowest BCUT2D eigenvalue weighted by Gasteiger charge is -2.37. The second-order valence-electron chi connectivity index (χ2n) is 9.73. The van der Waals surface area contributed by atoms with E-state index in [1.165, 1.54) is 47.4 Å². The van der Waals surface area contributed by atoms with Crippen molar-refractivity contribution in [3.05, 3.63) is 47.8 Å². The highest BCUT2D eigenvalue weighted by Crippen LogP contribution is 2.49. The first-order valence-corrected chi connectivity index (χ1v) is 15.5. The number of nitrogens with zero attached hydrogens (tertiary/aromatic N) is 1. The molecule has 35 heavy (non-hydrogen) atoms. The summed E-state index contributed by atoms with van der Waals surface area (Å²) in [6, 6.07) is 11.5. The van der Waals surface area contributed by atoms with Gasteiger partial charge in [0, 0.05) is 33.5 Å². The molecule has 0 bridgehead atoms. The summed E-state index contributed by atoms with van der Waals surface area (Å²) in [6.45, 7) is 9.32. The number of halogens is 1. The fraction of sp³-hybridized carbons (Fsp3) is 0.536. The van der Waals surface area contributed by atoms with E-state index in [0.29, 0.717) is 0 Å². The van der Waals surface area contributed by atoms with Crippen molar-refractivity contribution in [3.63, 3.8) is 0 Å². The Kier molecular flexibility index (Phi) is 9.92. The molecule has 192 valence electrons. The zero-order valence-electron chi connectivity index (χ0n) is 21.8. The number of esters is 1. The molecule has 0 saturated carbocycles. The van der Waals surface area contributed by atoms with Gasteiger partial charge in [0.1, 0.15) is 10.6 Å². The molecule has 7 heteroatoms. The Labute approximate surface area is 223 Å². The number of hydrogen-bond donors (Lipinski definition) is 0. The molecule has 0 amide bonds. The molecule has 1 heterocycles. The molecule has 0 N–H and O–H groups in total. The average molecular weight is 536 g/mol. The maximum atomic E-state index is 13.8. The number of hydrogen-bond acceptors (Lipinski definition) is 6. The zero-order chi connectivity index (χ0) is 25.6. The van der Waals surface area contributed by atoms with Crippen LogP contribution in [0.5, 0.6) is 0 Å². The first-order valence-electron chi connectivity index (χ1n) is 12.3. The summed E-state index contributed by atoms with van der Waals surface area (Å²) in [4.78, 5) is 17.1. The second kappa shape index (κ2) is 12.3. The summed E-state index contributed by atoms with van der Waals surface area (Å²) in [5.74, 6) is 1.38. The first-order chi connectivity index (χ1) is 16.7. The summed E-state index contributed by atoms with van der Waals surface area (Å²) in [5, 5.41) is 0. The number of thioether (sulfide) groups is 3. The highest BCUT2D eigenvalue weighted by molar-refractivity contribution is 8.01. The van der Waals surface area contributed by atoms with Crippen LogP contribution >= 0.6 is 35.3 Å². The summed E-state index contributed by atoms with van der Waals surface area (Å²) in [7, 11) is 1.44. The van der Waals surface area contributed by atoms with E-state index >= 15 is 0 Å². The van der Waals surface area contributed by atoms with E-state index in [4.69, 9.17) is 4.74 Å². The van der Waals surface area contributed by atoms with Gasteiger partial charge in [0.25, 0.3) is 0 Å². The van der Waals surface area contributed by atoms with Gasteiger partial charge in [-0.15, -0.1) is 35.3 Å². The fourth-order valence-electron chi connectivity index (χ4n) is 4.43. The van der Waals surface area contributed by atoms with Crippen LogP contribution in [0.2, 0.25) is 0 Å². The highest BCUT2D eigenvalue weighted by atomic mass is 32.2. The largest absolute Gasteiger partial charge is 0.468 e. The van der Waals surface area contributed by atoms with Gasteiger partial charge in [0.2, 0.25) is 0 Å². The minimum atomic E-state index is -0.609. The van der Waals surface area contributed by atoms with E-state index in [9.17, 15) is 9.18 Å². The van der Waals surface area contributed by atoms with E-state index in [2.05, 4.69) is 37.1 Å². The lowest BCUT2D eigenvalue weighted by Crippen LogP contribution is -2.36. The molecule has 1 aliphatic rings. The second-order valence-corrected chi connectivity index (χ2v) is 13.2. The van der Waals surface area contributed by atoms with Crippen LogP contribution in [0.15, 0.2) is 46.2 Å². The minimum Gasteiger partial charge on any atom is -0.468 e. The summed E-state index contributed by atoms with van der Waals surface area (Å²) in [6.07, 6.45) is 6.79. The number of carbonyl (C=O) groups is 1. The van der Waals surface area contributed by atoms with Crippen LogP contribution in [0.25, 0.3) is 0 Å². The van der Waals surface area contributed by atoms with Gasteiger partial charge in [-0.05, 0) is 80.3 Å². The number of fused-ring (bicyclic) bond motifs is 1. The number of unbranched alkanes of at least 4 members (excludes halogenated alkanes) is 1. The Hall–Kier alpha value is -1.31. The normalized spacial score (nSPS) is 18.2. The van der Waals surface area contributed by atoms with Crippen molar-refractivity contribution in [2.75, 3.05) is 30.6 Å². The summed E-state index contributed by atoms with van der Waals surface area (Å²) >= 11 is 5.29. The maximum absolute atomic E-state index is 13.8. The van der Waals surface area contributed by atoms with Crippen LogP contribution < -0.4 is 4.90 Å². The van der Waals surface area contributed by atoms with Crippen molar-refractivity contribution < 1.29 is 13.9 Å². The molecule has 1 unspecified atom stereocenters.